The fraction of sp³-hybridized carbons (Fsp3) is 0.500. The molecular formula is C12H17BrFNO2. The molecule has 3 nitrogen and oxygen atoms in total. The van der Waals surface area contributed by atoms with E-state index in [1.165, 1.54) is 6.07 Å². The summed E-state index contributed by atoms with van der Waals surface area (Å²) in [5.41, 5.74) is 0.131. The summed E-state index contributed by atoms with van der Waals surface area (Å²) < 4.78 is 13.5. The zero-order valence-electron chi connectivity index (χ0n) is 9.87. The van der Waals surface area contributed by atoms with E-state index >= 15 is 0 Å². The van der Waals surface area contributed by atoms with Crippen LogP contribution in [0.1, 0.15) is 25.5 Å². The van der Waals surface area contributed by atoms with Crippen molar-refractivity contribution in [3.05, 3.63) is 34.1 Å². The number of benzene rings is 1. The largest absolute Gasteiger partial charge is 0.394 e. The van der Waals surface area contributed by atoms with E-state index in [2.05, 4.69) is 21.2 Å². The maximum atomic E-state index is 13.1. The number of rotatable bonds is 5. The first-order chi connectivity index (χ1) is 7.91. The van der Waals surface area contributed by atoms with Crippen molar-refractivity contribution in [2.24, 2.45) is 0 Å². The van der Waals surface area contributed by atoms with Crippen LogP contribution in [0.3, 0.4) is 0 Å². The second-order valence-corrected chi connectivity index (χ2v) is 5.27. The van der Waals surface area contributed by atoms with E-state index in [1.54, 1.807) is 19.1 Å². The molecule has 0 bridgehead atoms. The molecule has 1 aromatic carbocycles. The van der Waals surface area contributed by atoms with Gasteiger partial charge in [0.25, 0.3) is 0 Å². The molecule has 17 heavy (non-hydrogen) atoms. The average molecular weight is 306 g/mol. The number of hydrogen-bond acceptors (Lipinski definition) is 3. The van der Waals surface area contributed by atoms with Crippen molar-refractivity contribution in [3.8, 4) is 0 Å². The highest BCUT2D eigenvalue weighted by molar-refractivity contribution is 9.10. The Bertz CT molecular complexity index is 383. The molecule has 1 aromatic rings. The lowest BCUT2D eigenvalue weighted by atomic mass is 10.0. The number of aliphatic hydroxyl groups excluding tert-OH is 2. The topological polar surface area (TPSA) is 52.5 Å². The van der Waals surface area contributed by atoms with Crippen LogP contribution in [0.15, 0.2) is 22.7 Å². The van der Waals surface area contributed by atoms with E-state index in [0.717, 1.165) is 5.56 Å². The number of nitrogens with one attached hydrogen (secondary N) is 1. The van der Waals surface area contributed by atoms with Crippen LogP contribution in [-0.4, -0.2) is 29.0 Å². The Kier molecular flexibility index (Phi) is 5.06. The molecular weight excluding hydrogens is 289 g/mol. The third-order valence-corrected chi connectivity index (χ3v) is 3.31. The van der Waals surface area contributed by atoms with Crippen molar-refractivity contribution >= 4 is 15.9 Å². The Morgan fingerprint density at radius 3 is 2.47 bits per heavy atom. The van der Waals surface area contributed by atoms with Crippen molar-refractivity contribution in [1.82, 2.24) is 5.32 Å². The van der Waals surface area contributed by atoms with Gasteiger partial charge in [-0.1, -0.05) is 6.07 Å². The Labute approximate surface area is 109 Å². The van der Waals surface area contributed by atoms with Crippen molar-refractivity contribution < 1.29 is 14.6 Å². The monoisotopic (exact) mass is 305 g/mol. The van der Waals surface area contributed by atoms with Gasteiger partial charge in [0, 0.05) is 6.04 Å². The average Bonchev–Trinajstić information content (AvgIpc) is 2.32. The molecule has 0 aromatic heterocycles. The highest BCUT2D eigenvalue weighted by atomic mass is 79.9. The first-order valence-electron chi connectivity index (χ1n) is 5.36. The molecule has 0 spiro atoms. The summed E-state index contributed by atoms with van der Waals surface area (Å²) in [4.78, 5) is 0. The van der Waals surface area contributed by atoms with Gasteiger partial charge in [0.15, 0.2) is 0 Å². The van der Waals surface area contributed by atoms with Gasteiger partial charge in [-0.15, -0.1) is 0 Å². The summed E-state index contributed by atoms with van der Waals surface area (Å²) in [6.07, 6.45) is 0. The van der Waals surface area contributed by atoms with E-state index in [4.69, 9.17) is 0 Å². The van der Waals surface area contributed by atoms with Gasteiger partial charge in [-0.3, -0.25) is 0 Å². The maximum absolute atomic E-state index is 13.1. The predicted octanol–water partition coefficient (Wildman–Crippen LogP) is 1.98. The molecule has 0 saturated carbocycles. The Morgan fingerprint density at radius 2 is 2.00 bits per heavy atom. The number of halogens is 2. The quantitative estimate of drug-likeness (QED) is 0.780. The van der Waals surface area contributed by atoms with Crippen LogP contribution in [0.5, 0.6) is 0 Å². The fourth-order valence-corrected chi connectivity index (χ4v) is 1.93. The zero-order valence-corrected chi connectivity index (χ0v) is 11.5. The molecule has 1 rings (SSSR count). The first-order valence-corrected chi connectivity index (χ1v) is 6.15. The highest BCUT2D eigenvalue weighted by Gasteiger charge is 2.24. The molecule has 0 saturated heterocycles. The minimum absolute atomic E-state index is 0.101. The minimum Gasteiger partial charge on any atom is -0.394 e. The summed E-state index contributed by atoms with van der Waals surface area (Å²) in [7, 11) is 0. The van der Waals surface area contributed by atoms with Gasteiger partial charge in [-0.2, -0.15) is 0 Å². The van der Waals surface area contributed by atoms with Crippen LogP contribution in [0.2, 0.25) is 0 Å². The van der Waals surface area contributed by atoms with Gasteiger partial charge in [0.2, 0.25) is 0 Å². The molecule has 0 heterocycles. The van der Waals surface area contributed by atoms with Crippen molar-refractivity contribution in [2.75, 3.05) is 13.2 Å². The van der Waals surface area contributed by atoms with E-state index in [0.29, 0.717) is 4.47 Å². The molecule has 0 radical (unpaired) electrons. The number of hydrogen-bond donors (Lipinski definition) is 3. The van der Waals surface area contributed by atoms with Gasteiger partial charge in [0.05, 0.1) is 23.2 Å². The van der Waals surface area contributed by atoms with Gasteiger partial charge in [0.1, 0.15) is 5.82 Å². The summed E-state index contributed by atoms with van der Waals surface area (Å²) in [6.45, 7) is 3.28. The second-order valence-electron chi connectivity index (χ2n) is 4.42. The molecule has 3 N–H and O–H groups in total. The van der Waals surface area contributed by atoms with Crippen LogP contribution in [0.4, 0.5) is 4.39 Å². The van der Waals surface area contributed by atoms with Crippen LogP contribution in [0.25, 0.3) is 0 Å². The molecule has 1 atom stereocenters. The Balaban J connectivity index is 2.82. The van der Waals surface area contributed by atoms with Gasteiger partial charge >= 0.3 is 0 Å². The molecule has 1 unspecified atom stereocenters. The molecule has 96 valence electrons. The van der Waals surface area contributed by atoms with Crippen LogP contribution in [-0.2, 0) is 0 Å². The van der Waals surface area contributed by atoms with Crippen molar-refractivity contribution in [2.45, 2.75) is 25.4 Å². The zero-order chi connectivity index (χ0) is 13.1. The predicted molar refractivity (Wildman–Crippen MR) is 68.2 cm³/mol. The summed E-state index contributed by atoms with van der Waals surface area (Å²) in [5.74, 6) is -0.312. The summed E-state index contributed by atoms with van der Waals surface area (Å²) in [6, 6.07) is 4.64. The van der Waals surface area contributed by atoms with E-state index in [9.17, 15) is 14.6 Å². The Morgan fingerprint density at radius 1 is 1.41 bits per heavy atom. The lowest BCUT2D eigenvalue weighted by molar-refractivity contribution is 0.0957. The molecule has 5 heteroatoms. The normalized spacial score (nSPS) is 13.8. The molecule has 0 fully saturated rings. The lowest BCUT2D eigenvalue weighted by Gasteiger charge is -2.30. The van der Waals surface area contributed by atoms with Gasteiger partial charge in [-0.25, -0.2) is 4.39 Å². The van der Waals surface area contributed by atoms with Crippen LogP contribution < -0.4 is 5.32 Å². The van der Waals surface area contributed by atoms with Gasteiger partial charge < -0.3 is 15.5 Å². The summed E-state index contributed by atoms with van der Waals surface area (Å²) >= 11 is 3.13. The first kappa shape index (κ1) is 14.6. The van der Waals surface area contributed by atoms with E-state index < -0.39 is 5.54 Å². The molecule has 0 aliphatic rings. The maximum Gasteiger partial charge on any atom is 0.137 e. The van der Waals surface area contributed by atoms with Crippen molar-refractivity contribution in [3.63, 3.8) is 0 Å². The lowest BCUT2D eigenvalue weighted by Crippen LogP contribution is -2.49. The minimum atomic E-state index is -0.750. The van der Waals surface area contributed by atoms with Gasteiger partial charge in [-0.05, 0) is 47.5 Å². The van der Waals surface area contributed by atoms with E-state index in [1.807, 2.05) is 6.92 Å². The fourth-order valence-electron chi connectivity index (χ4n) is 1.53. The molecule has 0 aliphatic carbocycles. The third kappa shape index (κ3) is 3.74. The standard InChI is InChI=1S/C12H17BrFNO2/c1-8(15-12(2,6-16)7-17)9-3-4-11(14)10(13)5-9/h3-5,8,15-17H,6-7H2,1-2H3. The molecule has 0 aliphatic heterocycles. The SMILES string of the molecule is CC(NC(C)(CO)CO)c1ccc(F)c(Br)c1. The second kappa shape index (κ2) is 5.91. The molecule has 0 amide bonds. The smallest absolute Gasteiger partial charge is 0.137 e. The third-order valence-electron chi connectivity index (χ3n) is 2.71. The van der Waals surface area contributed by atoms with Crippen molar-refractivity contribution in [1.29, 1.82) is 0 Å². The van der Waals surface area contributed by atoms with Crippen LogP contribution in [0, 0.1) is 5.82 Å². The Hall–Kier alpha value is -0.490. The highest BCUT2D eigenvalue weighted by Crippen LogP contribution is 2.22. The van der Waals surface area contributed by atoms with Crippen LogP contribution >= 0.6 is 15.9 Å². The van der Waals surface area contributed by atoms with E-state index in [-0.39, 0.29) is 25.1 Å². The number of aliphatic hydroxyl groups is 2. The summed E-state index contributed by atoms with van der Waals surface area (Å²) in [5, 5.41) is 21.5.